The van der Waals surface area contributed by atoms with Gasteiger partial charge >= 0.3 is 6.09 Å². The standard InChI is InChI=1S/C23H27N3O3/c27-22(26-16-11-19-7-4-5-10-21(19)26)12-15-24-13-6-14-25(18-17-24)23(28)29-20-8-2-1-3-9-20/h1-5,7-10H,6,11-18H2. The normalized spacial score (nSPS) is 17.0. The lowest BCUT2D eigenvalue weighted by atomic mass is 10.2. The Balaban J connectivity index is 1.25. The number of hydrogen-bond donors (Lipinski definition) is 0. The van der Waals surface area contributed by atoms with E-state index in [9.17, 15) is 9.59 Å². The molecule has 1 saturated heterocycles. The second kappa shape index (κ2) is 9.09. The SMILES string of the molecule is O=C(Oc1ccccc1)N1CCCN(CCC(=O)N2CCc3ccccc32)CC1. The number of hydrogen-bond acceptors (Lipinski definition) is 4. The number of para-hydroxylation sites is 2. The zero-order valence-electron chi connectivity index (χ0n) is 16.6. The van der Waals surface area contributed by atoms with Gasteiger partial charge < -0.3 is 19.4 Å². The molecule has 0 bridgehead atoms. The molecule has 4 rings (SSSR count). The third kappa shape index (κ3) is 4.77. The van der Waals surface area contributed by atoms with Gasteiger partial charge in [0.05, 0.1) is 0 Å². The molecule has 1 fully saturated rings. The number of rotatable bonds is 4. The number of nitrogens with zero attached hydrogens (tertiary/aromatic N) is 3. The average molecular weight is 393 g/mol. The van der Waals surface area contributed by atoms with Crippen LogP contribution in [-0.2, 0) is 11.2 Å². The van der Waals surface area contributed by atoms with Crippen molar-refractivity contribution in [3.05, 3.63) is 60.2 Å². The fraction of sp³-hybridized carbons (Fsp3) is 0.391. The van der Waals surface area contributed by atoms with Crippen molar-refractivity contribution in [1.29, 1.82) is 0 Å². The lowest BCUT2D eigenvalue weighted by molar-refractivity contribution is -0.118. The van der Waals surface area contributed by atoms with Gasteiger partial charge in [-0.1, -0.05) is 36.4 Å². The third-order valence-electron chi connectivity index (χ3n) is 5.63. The topological polar surface area (TPSA) is 53.1 Å². The highest BCUT2D eigenvalue weighted by Crippen LogP contribution is 2.27. The molecule has 0 unspecified atom stereocenters. The lowest BCUT2D eigenvalue weighted by Gasteiger charge is -2.23. The highest BCUT2D eigenvalue weighted by atomic mass is 16.6. The van der Waals surface area contributed by atoms with Crippen LogP contribution in [0.1, 0.15) is 18.4 Å². The van der Waals surface area contributed by atoms with Gasteiger partial charge in [-0.2, -0.15) is 0 Å². The molecule has 0 atom stereocenters. The molecule has 152 valence electrons. The quantitative estimate of drug-likeness (QED) is 0.801. The smallest absolute Gasteiger partial charge is 0.410 e. The van der Waals surface area contributed by atoms with Crippen molar-refractivity contribution in [2.75, 3.05) is 44.2 Å². The Hall–Kier alpha value is -2.86. The van der Waals surface area contributed by atoms with Crippen molar-refractivity contribution in [3.63, 3.8) is 0 Å². The summed E-state index contributed by atoms with van der Waals surface area (Å²) in [7, 11) is 0. The molecule has 2 aromatic carbocycles. The van der Waals surface area contributed by atoms with Gasteiger partial charge in [-0.05, 0) is 43.1 Å². The second-order valence-corrected chi connectivity index (χ2v) is 7.54. The van der Waals surface area contributed by atoms with E-state index in [1.165, 1.54) is 5.56 Å². The molecule has 2 aromatic rings. The predicted molar refractivity (Wildman–Crippen MR) is 112 cm³/mol. The Kier molecular flexibility index (Phi) is 6.10. The summed E-state index contributed by atoms with van der Waals surface area (Å²) in [6.07, 6.45) is 2.01. The highest BCUT2D eigenvalue weighted by Gasteiger charge is 2.25. The molecule has 0 N–H and O–H groups in total. The van der Waals surface area contributed by atoms with Crippen molar-refractivity contribution in [2.24, 2.45) is 0 Å². The molecule has 0 saturated carbocycles. The van der Waals surface area contributed by atoms with E-state index in [0.29, 0.717) is 25.3 Å². The maximum atomic E-state index is 12.7. The molecular formula is C23H27N3O3. The van der Waals surface area contributed by atoms with Gasteiger partial charge in [0.1, 0.15) is 5.75 Å². The molecule has 2 amide bonds. The third-order valence-corrected chi connectivity index (χ3v) is 5.63. The van der Waals surface area contributed by atoms with Crippen LogP contribution in [0.5, 0.6) is 5.75 Å². The van der Waals surface area contributed by atoms with Gasteiger partial charge in [0.2, 0.25) is 5.91 Å². The number of anilines is 1. The maximum Gasteiger partial charge on any atom is 0.415 e. The van der Waals surface area contributed by atoms with Crippen molar-refractivity contribution in [1.82, 2.24) is 9.80 Å². The summed E-state index contributed by atoms with van der Waals surface area (Å²) in [5.74, 6) is 0.745. The molecule has 29 heavy (non-hydrogen) atoms. The maximum absolute atomic E-state index is 12.7. The van der Waals surface area contributed by atoms with E-state index < -0.39 is 0 Å². The monoisotopic (exact) mass is 393 g/mol. The molecule has 0 radical (unpaired) electrons. The summed E-state index contributed by atoms with van der Waals surface area (Å²) in [5.41, 5.74) is 2.31. The Labute approximate surface area is 171 Å². The molecule has 0 spiro atoms. The van der Waals surface area contributed by atoms with E-state index in [2.05, 4.69) is 11.0 Å². The van der Waals surface area contributed by atoms with Crippen molar-refractivity contribution in [2.45, 2.75) is 19.3 Å². The molecule has 0 aromatic heterocycles. The largest absolute Gasteiger partial charge is 0.415 e. The number of carbonyl (C=O) groups excluding carboxylic acids is 2. The van der Waals surface area contributed by atoms with Gasteiger partial charge in [0.25, 0.3) is 0 Å². The zero-order chi connectivity index (χ0) is 20.1. The van der Waals surface area contributed by atoms with E-state index in [4.69, 9.17) is 4.74 Å². The summed E-state index contributed by atoms with van der Waals surface area (Å²) in [5, 5.41) is 0. The highest BCUT2D eigenvalue weighted by molar-refractivity contribution is 5.95. The van der Waals surface area contributed by atoms with Gasteiger partial charge in [-0.25, -0.2) is 4.79 Å². The first-order valence-corrected chi connectivity index (χ1v) is 10.3. The van der Waals surface area contributed by atoms with Gasteiger partial charge in [-0.3, -0.25) is 4.79 Å². The first-order chi connectivity index (χ1) is 14.2. The summed E-state index contributed by atoms with van der Waals surface area (Å²) >= 11 is 0. The summed E-state index contributed by atoms with van der Waals surface area (Å²) in [6.45, 7) is 4.44. The van der Waals surface area contributed by atoms with Gasteiger partial charge in [0, 0.05) is 44.8 Å². The first kappa shape index (κ1) is 19.5. The van der Waals surface area contributed by atoms with E-state index in [1.54, 1.807) is 17.0 Å². The van der Waals surface area contributed by atoms with E-state index >= 15 is 0 Å². The number of ether oxygens (including phenoxy) is 1. The number of amides is 2. The van der Waals surface area contributed by atoms with Crippen LogP contribution in [-0.4, -0.2) is 61.1 Å². The summed E-state index contributed by atoms with van der Waals surface area (Å²) < 4.78 is 5.45. The second-order valence-electron chi connectivity index (χ2n) is 7.54. The molecule has 6 nitrogen and oxygen atoms in total. The van der Waals surface area contributed by atoms with E-state index in [-0.39, 0.29) is 12.0 Å². The Morgan fingerprint density at radius 3 is 2.52 bits per heavy atom. The van der Waals surface area contributed by atoms with Crippen LogP contribution in [0.4, 0.5) is 10.5 Å². The van der Waals surface area contributed by atoms with Crippen LogP contribution in [0, 0.1) is 0 Å². The predicted octanol–water partition coefficient (Wildman–Crippen LogP) is 3.17. The molecule has 2 aliphatic heterocycles. The van der Waals surface area contributed by atoms with E-state index in [1.807, 2.05) is 41.3 Å². The van der Waals surface area contributed by atoms with Crippen LogP contribution in [0.25, 0.3) is 0 Å². The van der Waals surface area contributed by atoms with Gasteiger partial charge in [0.15, 0.2) is 0 Å². The first-order valence-electron chi connectivity index (χ1n) is 10.3. The van der Waals surface area contributed by atoms with E-state index in [0.717, 1.165) is 44.7 Å². The lowest BCUT2D eigenvalue weighted by Crippen LogP contribution is -2.38. The molecule has 0 aliphatic carbocycles. The number of fused-ring (bicyclic) bond motifs is 1. The molecular weight excluding hydrogens is 366 g/mol. The van der Waals surface area contributed by atoms with Gasteiger partial charge in [-0.15, -0.1) is 0 Å². The zero-order valence-corrected chi connectivity index (χ0v) is 16.6. The van der Waals surface area contributed by atoms with Crippen LogP contribution >= 0.6 is 0 Å². The molecule has 2 aliphatic rings. The Morgan fingerprint density at radius 1 is 0.862 bits per heavy atom. The summed E-state index contributed by atoms with van der Waals surface area (Å²) in [6, 6.07) is 17.3. The van der Waals surface area contributed by atoms with Crippen molar-refractivity contribution >= 4 is 17.7 Å². The molecule has 2 heterocycles. The van der Waals surface area contributed by atoms with Crippen molar-refractivity contribution in [3.8, 4) is 5.75 Å². The fourth-order valence-corrected chi connectivity index (χ4v) is 4.02. The van der Waals surface area contributed by atoms with Crippen LogP contribution < -0.4 is 9.64 Å². The number of carbonyl (C=O) groups is 2. The summed E-state index contributed by atoms with van der Waals surface area (Å²) in [4.78, 5) is 31.1. The number of benzene rings is 2. The van der Waals surface area contributed by atoms with Crippen molar-refractivity contribution < 1.29 is 14.3 Å². The minimum absolute atomic E-state index is 0.180. The fourth-order valence-electron chi connectivity index (χ4n) is 4.02. The average Bonchev–Trinajstić information content (AvgIpc) is 3.03. The van der Waals surface area contributed by atoms with Crippen LogP contribution in [0.3, 0.4) is 0 Å². The van der Waals surface area contributed by atoms with Crippen LogP contribution in [0.15, 0.2) is 54.6 Å². The molecule has 6 heteroatoms. The minimum atomic E-state index is -0.303. The minimum Gasteiger partial charge on any atom is -0.410 e. The van der Waals surface area contributed by atoms with Crippen LogP contribution in [0.2, 0.25) is 0 Å². The Morgan fingerprint density at radius 2 is 1.66 bits per heavy atom. The Bertz CT molecular complexity index is 855.